The van der Waals surface area contributed by atoms with E-state index in [4.69, 9.17) is 14.2 Å². The number of alkyl halides is 2. The van der Waals surface area contributed by atoms with Crippen molar-refractivity contribution in [3.8, 4) is 0 Å². The average Bonchev–Trinajstić information content (AvgIpc) is 2.19. The third kappa shape index (κ3) is 3.93. The molecule has 1 fully saturated rings. The second kappa shape index (κ2) is 6.15. The molecule has 0 aromatic carbocycles. The van der Waals surface area contributed by atoms with Crippen molar-refractivity contribution < 1.29 is 23.8 Å². The van der Waals surface area contributed by atoms with E-state index in [1.807, 2.05) is 0 Å². The summed E-state index contributed by atoms with van der Waals surface area (Å²) >= 11 is 6.68. The van der Waals surface area contributed by atoms with Gasteiger partial charge in [0.05, 0.1) is 10.9 Å². The van der Waals surface area contributed by atoms with E-state index in [9.17, 15) is 9.59 Å². The first-order valence-electron chi connectivity index (χ1n) is 5.11. The zero-order valence-electron chi connectivity index (χ0n) is 9.68. The number of halogens is 2. The fourth-order valence-corrected chi connectivity index (χ4v) is 2.81. The summed E-state index contributed by atoms with van der Waals surface area (Å²) in [4.78, 5) is 21.8. The maximum absolute atomic E-state index is 11.1. The molecule has 0 aromatic heterocycles. The molecule has 5 atom stereocenters. The van der Waals surface area contributed by atoms with E-state index in [0.29, 0.717) is 0 Å². The number of hydrogen-bond donors (Lipinski definition) is 0. The van der Waals surface area contributed by atoms with Crippen LogP contribution in [0.3, 0.4) is 0 Å². The number of carbonyl (C=O) groups excluding carboxylic acids is 2. The van der Waals surface area contributed by atoms with Gasteiger partial charge in [0.2, 0.25) is 0 Å². The summed E-state index contributed by atoms with van der Waals surface area (Å²) in [6.45, 7) is 4.38. The fourth-order valence-electron chi connectivity index (χ4n) is 1.63. The molecule has 1 saturated heterocycles. The van der Waals surface area contributed by atoms with Gasteiger partial charge in [-0.25, -0.2) is 0 Å². The minimum atomic E-state index is -0.616. The molecule has 0 N–H and O–H groups in total. The smallest absolute Gasteiger partial charge is 0.303 e. The lowest BCUT2D eigenvalue weighted by Crippen LogP contribution is -2.55. The summed E-state index contributed by atoms with van der Waals surface area (Å²) in [5.74, 6) is -0.860. The highest BCUT2D eigenvalue weighted by Gasteiger charge is 2.46. The molecule has 0 amide bonds. The molecule has 0 aliphatic carbocycles. The van der Waals surface area contributed by atoms with E-state index < -0.39 is 24.1 Å². The molecule has 5 nitrogen and oxygen atoms in total. The van der Waals surface area contributed by atoms with Crippen molar-refractivity contribution in [2.75, 3.05) is 0 Å². The van der Waals surface area contributed by atoms with Crippen LogP contribution in [0.25, 0.3) is 0 Å². The Bertz CT molecular complexity index is 309. The Labute approximate surface area is 116 Å². The van der Waals surface area contributed by atoms with Crippen molar-refractivity contribution in [2.45, 2.75) is 48.9 Å². The van der Waals surface area contributed by atoms with Crippen LogP contribution in [0.2, 0.25) is 0 Å². The average molecular weight is 374 g/mol. The topological polar surface area (TPSA) is 61.8 Å². The summed E-state index contributed by atoms with van der Waals surface area (Å²) in [5, 5.41) is -0.311. The molecule has 0 radical (unpaired) electrons. The molecule has 0 spiro atoms. The molecular formula is C10H14Br2O5. The van der Waals surface area contributed by atoms with Gasteiger partial charge in [-0.05, 0) is 6.92 Å². The van der Waals surface area contributed by atoms with E-state index in [-0.39, 0.29) is 15.9 Å². The lowest BCUT2D eigenvalue weighted by Gasteiger charge is -2.40. The van der Waals surface area contributed by atoms with E-state index in [2.05, 4.69) is 31.9 Å². The van der Waals surface area contributed by atoms with Crippen LogP contribution < -0.4 is 0 Å². The first-order valence-corrected chi connectivity index (χ1v) is 6.94. The second-order valence-corrected chi connectivity index (χ2v) is 5.74. The maximum Gasteiger partial charge on any atom is 0.303 e. The number of rotatable bonds is 2. The molecule has 0 unspecified atom stereocenters. The van der Waals surface area contributed by atoms with Gasteiger partial charge < -0.3 is 14.2 Å². The standard InChI is InChI=1S/C10H14Br2O5/c1-4-8(16-5(2)13)9(17-6(3)14)7(11)10(12)15-4/h4,7-10H,1-3H3/t4-,7+,8-,9-,10+/m0/s1. The van der Waals surface area contributed by atoms with Gasteiger partial charge >= 0.3 is 11.9 Å². The van der Waals surface area contributed by atoms with Crippen molar-refractivity contribution in [3.05, 3.63) is 0 Å². The Morgan fingerprint density at radius 2 is 1.53 bits per heavy atom. The van der Waals surface area contributed by atoms with Crippen LogP contribution in [0.1, 0.15) is 20.8 Å². The van der Waals surface area contributed by atoms with Crippen molar-refractivity contribution >= 4 is 43.8 Å². The van der Waals surface area contributed by atoms with Crippen LogP contribution in [-0.2, 0) is 23.8 Å². The second-order valence-electron chi connectivity index (χ2n) is 3.78. The highest BCUT2D eigenvalue weighted by molar-refractivity contribution is 9.12. The quantitative estimate of drug-likeness (QED) is 0.545. The van der Waals surface area contributed by atoms with Gasteiger partial charge in [0.1, 0.15) is 5.01 Å². The lowest BCUT2D eigenvalue weighted by atomic mass is 10.0. The normalized spacial score (nSPS) is 37.4. The number of ether oxygens (including phenoxy) is 3. The predicted octanol–water partition coefficient (Wildman–Crippen LogP) is 1.75. The van der Waals surface area contributed by atoms with Gasteiger partial charge in [-0.2, -0.15) is 0 Å². The van der Waals surface area contributed by atoms with Crippen LogP contribution in [0.5, 0.6) is 0 Å². The maximum atomic E-state index is 11.1. The Morgan fingerprint density at radius 3 is 2.00 bits per heavy atom. The van der Waals surface area contributed by atoms with Crippen LogP contribution in [0, 0.1) is 0 Å². The summed E-state index contributed by atoms with van der Waals surface area (Å²) < 4.78 is 15.9. The number of hydrogen-bond acceptors (Lipinski definition) is 5. The fraction of sp³-hybridized carbons (Fsp3) is 0.800. The van der Waals surface area contributed by atoms with Crippen molar-refractivity contribution in [1.29, 1.82) is 0 Å². The molecule has 1 aliphatic rings. The van der Waals surface area contributed by atoms with Crippen LogP contribution in [0.15, 0.2) is 0 Å². The molecule has 17 heavy (non-hydrogen) atoms. The monoisotopic (exact) mass is 372 g/mol. The molecule has 0 bridgehead atoms. The van der Waals surface area contributed by atoms with Gasteiger partial charge in [-0.15, -0.1) is 0 Å². The molecule has 0 aromatic rings. The first kappa shape index (κ1) is 14.9. The number of carbonyl (C=O) groups is 2. The van der Waals surface area contributed by atoms with E-state index >= 15 is 0 Å². The minimum absolute atomic E-state index is 0.285. The van der Waals surface area contributed by atoms with Gasteiger partial charge in [-0.3, -0.25) is 9.59 Å². The Hall–Kier alpha value is -0.140. The molecular weight excluding hydrogens is 360 g/mol. The zero-order chi connectivity index (χ0) is 13.2. The molecule has 0 saturated carbocycles. The van der Waals surface area contributed by atoms with E-state index in [0.717, 1.165) is 0 Å². The van der Waals surface area contributed by atoms with E-state index in [1.54, 1.807) is 6.92 Å². The van der Waals surface area contributed by atoms with Crippen LogP contribution in [0.4, 0.5) is 0 Å². The van der Waals surface area contributed by atoms with Gasteiger partial charge in [-0.1, -0.05) is 31.9 Å². The van der Waals surface area contributed by atoms with Crippen LogP contribution in [-0.4, -0.2) is 40.1 Å². The summed E-state index contributed by atoms with van der Waals surface area (Å²) in [7, 11) is 0. The first-order chi connectivity index (χ1) is 7.82. The van der Waals surface area contributed by atoms with Crippen molar-refractivity contribution in [3.63, 3.8) is 0 Å². The van der Waals surface area contributed by atoms with E-state index in [1.165, 1.54) is 13.8 Å². The highest BCUT2D eigenvalue weighted by atomic mass is 79.9. The van der Waals surface area contributed by atoms with Gasteiger partial charge in [0.15, 0.2) is 12.2 Å². The van der Waals surface area contributed by atoms with Crippen molar-refractivity contribution in [1.82, 2.24) is 0 Å². The molecule has 7 heteroatoms. The largest absolute Gasteiger partial charge is 0.457 e. The predicted molar refractivity (Wildman–Crippen MR) is 67.1 cm³/mol. The summed E-state index contributed by atoms with van der Waals surface area (Å²) in [6, 6.07) is 0. The summed E-state index contributed by atoms with van der Waals surface area (Å²) in [6.07, 6.45) is -1.56. The SMILES string of the molecule is CC(=O)O[C@@H]1[C@@H](OC(C)=O)[C@@H](Br)[C@H](Br)O[C@H]1C. The minimum Gasteiger partial charge on any atom is -0.457 e. The Balaban J connectivity index is 2.86. The molecule has 1 aliphatic heterocycles. The van der Waals surface area contributed by atoms with Crippen molar-refractivity contribution in [2.24, 2.45) is 0 Å². The lowest BCUT2D eigenvalue weighted by molar-refractivity contribution is -0.191. The number of esters is 2. The third-order valence-electron chi connectivity index (χ3n) is 2.30. The molecule has 98 valence electrons. The van der Waals surface area contributed by atoms with Gasteiger partial charge in [0.25, 0.3) is 0 Å². The molecule has 1 rings (SSSR count). The Kier molecular flexibility index (Phi) is 5.40. The summed E-state index contributed by atoms with van der Waals surface area (Å²) in [5.41, 5.74) is 0. The van der Waals surface area contributed by atoms with Crippen LogP contribution >= 0.6 is 31.9 Å². The highest BCUT2D eigenvalue weighted by Crippen LogP contribution is 2.33. The Morgan fingerprint density at radius 1 is 1.06 bits per heavy atom. The zero-order valence-corrected chi connectivity index (χ0v) is 12.9. The molecule has 1 heterocycles. The van der Waals surface area contributed by atoms with Gasteiger partial charge in [0, 0.05) is 13.8 Å². The third-order valence-corrected chi connectivity index (χ3v) is 4.80.